The van der Waals surface area contributed by atoms with Gasteiger partial charge in [0.05, 0.1) is 11.4 Å². The molecule has 29 heavy (non-hydrogen) atoms. The van der Waals surface area contributed by atoms with Crippen molar-refractivity contribution in [3.05, 3.63) is 41.6 Å². The number of aliphatic imine (C=N–C) groups is 1. The highest BCUT2D eigenvalue weighted by Crippen LogP contribution is 2.57. The van der Waals surface area contributed by atoms with Crippen molar-refractivity contribution in [3.8, 4) is 0 Å². The topological polar surface area (TPSA) is 32.7 Å². The Labute approximate surface area is 176 Å². The number of anilines is 1. The highest BCUT2D eigenvalue weighted by molar-refractivity contribution is 7.06. The minimum absolute atomic E-state index is 0.0407. The maximum Gasteiger partial charge on any atom is 0.178 e. The van der Waals surface area contributed by atoms with Crippen molar-refractivity contribution >= 4 is 36.1 Å². The van der Waals surface area contributed by atoms with Gasteiger partial charge in [-0.2, -0.15) is 0 Å². The van der Waals surface area contributed by atoms with Crippen molar-refractivity contribution in [2.45, 2.75) is 70.9 Å². The predicted molar refractivity (Wildman–Crippen MR) is 127 cm³/mol. The molecule has 0 radical (unpaired) electrons. The summed E-state index contributed by atoms with van der Waals surface area (Å²) in [7, 11) is -2.37. The summed E-state index contributed by atoms with van der Waals surface area (Å²) in [6.45, 7) is 16.5. The molecule has 0 bridgehead atoms. The van der Waals surface area contributed by atoms with Crippen LogP contribution in [-0.2, 0) is 4.79 Å². The maximum absolute atomic E-state index is 12.5. The Morgan fingerprint density at radius 2 is 1.59 bits per heavy atom. The fourth-order valence-corrected chi connectivity index (χ4v) is 13.7. The maximum atomic E-state index is 12.5. The van der Waals surface area contributed by atoms with Crippen LogP contribution in [0.5, 0.6) is 0 Å². The number of carbonyl (C=O) groups is 1. The van der Waals surface area contributed by atoms with E-state index in [-0.39, 0.29) is 15.9 Å². The zero-order valence-corrected chi connectivity index (χ0v) is 19.8. The van der Waals surface area contributed by atoms with Crippen LogP contribution in [0.2, 0.25) is 10.1 Å². The fraction of sp³-hybridized carbons (Fsp3) is 0.520. The molecule has 0 aromatic heterocycles. The smallest absolute Gasteiger partial charge is 0.178 e. The van der Waals surface area contributed by atoms with E-state index in [0.29, 0.717) is 0 Å². The number of hydrogen-bond acceptors (Lipinski definition) is 3. The summed E-state index contributed by atoms with van der Waals surface area (Å²) in [5.41, 5.74) is 3.43. The average Bonchev–Trinajstić information content (AvgIpc) is 2.64. The van der Waals surface area contributed by atoms with Crippen molar-refractivity contribution in [2.24, 2.45) is 4.99 Å². The zero-order chi connectivity index (χ0) is 21.0. The molecular weight excluding hydrogens is 372 g/mol. The summed E-state index contributed by atoms with van der Waals surface area (Å²) in [6.07, 6.45) is 9.38. The third-order valence-electron chi connectivity index (χ3n) is 6.97. The summed E-state index contributed by atoms with van der Waals surface area (Å²) in [5, 5.41) is 2.70. The zero-order valence-electron chi connectivity index (χ0n) is 18.8. The van der Waals surface area contributed by atoms with Crippen LogP contribution in [0.15, 0.2) is 46.6 Å². The van der Waals surface area contributed by atoms with Crippen LogP contribution < -0.4 is 10.1 Å². The standard InChI is InChI=1S/C25H34N2OSi/c1-24(2,3)29(25(4,5)6)22-16-18(27-14-8-7-9-15-27)10-12-20(22)26-21-13-11-19(28)17-23(21)29/h10-13,16-17H,7-9,14-15H2,1-6H3. The number of rotatable bonds is 1. The lowest BCUT2D eigenvalue weighted by atomic mass is 10.1. The van der Waals surface area contributed by atoms with Crippen molar-refractivity contribution in [2.75, 3.05) is 18.0 Å². The molecule has 0 atom stereocenters. The second-order valence-electron chi connectivity index (χ2n) is 10.8. The molecular formula is C25H34N2OSi. The Kier molecular flexibility index (Phi) is 4.77. The number of fused-ring (bicyclic) bond motifs is 2. The Hall–Kier alpha value is -1.94. The first-order valence-electron chi connectivity index (χ1n) is 11.0. The molecule has 0 unspecified atom stereocenters. The number of allylic oxidation sites excluding steroid dienone is 4. The van der Waals surface area contributed by atoms with Crippen LogP contribution in [-0.4, -0.2) is 32.7 Å². The molecule has 2 aliphatic heterocycles. The number of piperidine rings is 1. The molecule has 2 heterocycles. The van der Waals surface area contributed by atoms with Crippen molar-refractivity contribution < 1.29 is 4.79 Å². The van der Waals surface area contributed by atoms with Crippen molar-refractivity contribution in [1.29, 1.82) is 0 Å². The largest absolute Gasteiger partial charge is 0.372 e. The molecule has 1 aromatic carbocycles. The lowest BCUT2D eigenvalue weighted by Crippen LogP contribution is -2.65. The van der Waals surface area contributed by atoms with Gasteiger partial charge in [0.15, 0.2) is 5.78 Å². The molecule has 154 valence electrons. The van der Waals surface area contributed by atoms with Crippen LogP contribution in [0.25, 0.3) is 0 Å². The number of hydrogen-bond donors (Lipinski definition) is 0. The Balaban J connectivity index is 2.02. The van der Waals surface area contributed by atoms with Gasteiger partial charge >= 0.3 is 0 Å². The third-order valence-corrected chi connectivity index (χ3v) is 13.9. The van der Waals surface area contributed by atoms with E-state index in [2.05, 4.69) is 64.6 Å². The number of benzene rings is 1. The van der Waals surface area contributed by atoms with E-state index < -0.39 is 8.07 Å². The van der Waals surface area contributed by atoms with Gasteiger partial charge in [-0.3, -0.25) is 4.79 Å². The minimum Gasteiger partial charge on any atom is -0.372 e. The van der Waals surface area contributed by atoms with E-state index in [0.717, 1.165) is 24.5 Å². The average molecular weight is 407 g/mol. The molecule has 3 aliphatic rings. The number of ketones is 1. The highest BCUT2D eigenvalue weighted by atomic mass is 28.3. The summed E-state index contributed by atoms with van der Waals surface area (Å²) in [6, 6.07) is 6.92. The van der Waals surface area contributed by atoms with Gasteiger partial charge in [0.25, 0.3) is 0 Å². The van der Waals surface area contributed by atoms with Gasteiger partial charge in [0, 0.05) is 18.8 Å². The molecule has 4 heteroatoms. The Morgan fingerprint density at radius 1 is 0.931 bits per heavy atom. The molecule has 1 saturated heterocycles. The molecule has 3 nitrogen and oxygen atoms in total. The molecule has 1 fully saturated rings. The van der Waals surface area contributed by atoms with Gasteiger partial charge in [-0.1, -0.05) is 41.5 Å². The van der Waals surface area contributed by atoms with Gasteiger partial charge in [-0.15, -0.1) is 0 Å². The molecule has 1 aromatic rings. The van der Waals surface area contributed by atoms with Gasteiger partial charge < -0.3 is 4.90 Å². The van der Waals surface area contributed by atoms with Crippen molar-refractivity contribution in [3.63, 3.8) is 0 Å². The molecule has 0 saturated carbocycles. The van der Waals surface area contributed by atoms with E-state index in [1.165, 1.54) is 35.3 Å². The fourth-order valence-electron chi connectivity index (χ4n) is 6.20. The Bertz CT molecular complexity index is 921. The van der Waals surface area contributed by atoms with Crippen LogP contribution in [0, 0.1) is 0 Å². The van der Waals surface area contributed by atoms with Gasteiger partial charge in [0.2, 0.25) is 0 Å². The number of carbonyl (C=O) groups excluding carboxylic acids is 1. The van der Waals surface area contributed by atoms with Gasteiger partial charge in [-0.05, 0) is 76.1 Å². The van der Waals surface area contributed by atoms with Crippen LogP contribution >= 0.6 is 0 Å². The summed E-state index contributed by atoms with van der Waals surface area (Å²) in [4.78, 5) is 20.1. The lowest BCUT2D eigenvalue weighted by Gasteiger charge is -2.55. The second-order valence-corrected chi connectivity index (χ2v) is 16.4. The first kappa shape index (κ1) is 20.3. The highest BCUT2D eigenvalue weighted by Gasteiger charge is 2.60. The monoisotopic (exact) mass is 406 g/mol. The molecule has 0 spiro atoms. The summed E-state index contributed by atoms with van der Waals surface area (Å²) in [5.74, 6) is 0.0972. The lowest BCUT2D eigenvalue weighted by molar-refractivity contribution is -0.110. The normalized spacial score (nSPS) is 21.3. The predicted octanol–water partition coefficient (Wildman–Crippen LogP) is 5.62. The van der Waals surface area contributed by atoms with E-state index >= 15 is 0 Å². The first-order chi connectivity index (χ1) is 13.6. The SMILES string of the molecule is CC(C)(C)[Si]1(C(C)(C)C)C2=CC(=O)C=CC2=Nc2ccc(N3CCCCC3)cc21. The van der Waals surface area contributed by atoms with Crippen LogP contribution in [0.3, 0.4) is 0 Å². The molecule has 0 amide bonds. The van der Waals surface area contributed by atoms with Crippen molar-refractivity contribution in [1.82, 2.24) is 0 Å². The van der Waals surface area contributed by atoms with E-state index in [4.69, 9.17) is 4.99 Å². The molecule has 1 aliphatic carbocycles. The quantitative estimate of drug-likeness (QED) is 0.448. The van der Waals surface area contributed by atoms with E-state index in [9.17, 15) is 4.79 Å². The second kappa shape index (κ2) is 6.80. The van der Waals surface area contributed by atoms with Crippen LogP contribution in [0.1, 0.15) is 60.8 Å². The molecule has 4 rings (SSSR count). The van der Waals surface area contributed by atoms with Gasteiger partial charge in [0.1, 0.15) is 8.07 Å². The summed E-state index contributed by atoms with van der Waals surface area (Å²) >= 11 is 0. The van der Waals surface area contributed by atoms with Gasteiger partial charge in [-0.25, -0.2) is 4.99 Å². The Morgan fingerprint density at radius 3 is 2.21 bits per heavy atom. The molecule has 0 N–H and O–H groups in total. The van der Waals surface area contributed by atoms with Crippen LogP contribution in [0.4, 0.5) is 11.4 Å². The first-order valence-corrected chi connectivity index (χ1v) is 13.0. The van der Waals surface area contributed by atoms with E-state index in [1.807, 2.05) is 12.2 Å². The number of nitrogens with zero attached hydrogens (tertiary/aromatic N) is 2. The third kappa shape index (κ3) is 3.07. The summed E-state index contributed by atoms with van der Waals surface area (Å²) < 4.78 is 0. The van der Waals surface area contributed by atoms with E-state index in [1.54, 1.807) is 6.08 Å². The minimum atomic E-state index is -2.37.